The average molecular weight is 306 g/mol. The SMILES string of the molecule is Cc1ccc(F)cc1S(=O)(=O)NCC1CCC(Cl)C1. The summed E-state index contributed by atoms with van der Waals surface area (Å²) >= 11 is 5.99. The second kappa shape index (κ2) is 5.77. The Kier molecular flexibility index (Phi) is 4.48. The lowest BCUT2D eigenvalue weighted by Gasteiger charge is -2.13. The standard InChI is InChI=1S/C13H17ClFNO2S/c1-9-2-5-12(15)7-13(9)19(17,18)16-8-10-3-4-11(14)6-10/h2,5,7,10-11,16H,3-4,6,8H2,1H3. The Morgan fingerprint density at radius 2 is 2.16 bits per heavy atom. The third-order valence-corrected chi connectivity index (χ3v) is 5.44. The molecule has 2 atom stereocenters. The van der Waals surface area contributed by atoms with Crippen molar-refractivity contribution >= 4 is 21.6 Å². The predicted octanol–water partition coefficient (Wildman–Crippen LogP) is 2.82. The molecule has 0 spiro atoms. The normalized spacial score (nSPS) is 23.7. The van der Waals surface area contributed by atoms with Crippen LogP contribution >= 0.6 is 11.6 Å². The van der Waals surface area contributed by atoms with Gasteiger partial charge >= 0.3 is 0 Å². The number of halogens is 2. The number of hydrogen-bond donors (Lipinski definition) is 1. The molecule has 0 heterocycles. The second-order valence-electron chi connectivity index (χ2n) is 5.04. The molecule has 2 unspecified atom stereocenters. The van der Waals surface area contributed by atoms with Crippen molar-refractivity contribution in [2.75, 3.05) is 6.54 Å². The first-order valence-electron chi connectivity index (χ1n) is 6.28. The van der Waals surface area contributed by atoms with E-state index in [1.165, 1.54) is 12.1 Å². The summed E-state index contributed by atoms with van der Waals surface area (Å²) in [5, 5.41) is 0.144. The van der Waals surface area contributed by atoms with Gasteiger partial charge in [0, 0.05) is 11.9 Å². The van der Waals surface area contributed by atoms with E-state index in [0.29, 0.717) is 12.1 Å². The van der Waals surface area contributed by atoms with Gasteiger partial charge in [-0.05, 0) is 49.8 Å². The van der Waals surface area contributed by atoms with Gasteiger partial charge < -0.3 is 0 Å². The topological polar surface area (TPSA) is 46.2 Å². The molecule has 1 aliphatic carbocycles. The van der Waals surface area contributed by atoms with E-state index in [9.17, 15) is 12.8 Å². The molecule has 3 nitrogen and oxygen atoms in total. The summed E-state index contributed by atoms with van der Waals surface area (Å²) in [6.45, 7) is 2.01. The molecule has 1 fully saturated rings. The monoisotopic (exact) mass is 305 g/mol. The molecule has 1 aliphatic rings. The molecule has 0 aromatic heterocycles. The number of aryl methyl sites for hydroxylation is 1. The molecule has 19 heavy (non-hydrogen) atoms. The molecular weight excluding hydrogens is 289 g/mol. The van der Waals surface area contributed by atoms with Crippen molar-refractivity contribution in [1.82, 2.24) is 4.72 Å². The number of rotatable bonds is 4. The molecule has 1 N–H and O–H groups in total. The Morgan fingerprint density at radius 1 is 1.42 bits per heavy atom. The second-order valence-corrected chi connectivity index (χ2v) is 7.39. The lowest BCUT2D eigenvalue weighted by Crippen LogP contribution is -2.29. The number of hydrogen-bond acceptors (Lipinski definition) is 2. The summed E-state index contributed by atoms with van der Waals surface area (Å²) in [5.74, 6) is -0.279. The fourth-order valence-electron chi connectivity index (χ4n) is 2.37. The van der Waals surface area contributed by atoms with E-state index < -0.39 is 15.8 Å². The molecule has 1 saturated carbocycles. The molecule has 0 radical (unpaired) electrons. The molecule has 6 heteroatoms. The van der Waals surface area contributed by atoms with E-state index in [-0.39, 0.29) is 16.2 Å². The largest absolute Gasteiger partial charge is 0.240 e. The van der Waals surface area contributed by atoms with Gasteiger partial charge in [-0.3, -0.25) is 0 Å². The molecule has 1 aromatic carbocycles. The third kappa shape index (κ3) is 3.68. The fraction of sp³-hybridized carbons (Fsp3) is 0.538. The maximum atomic E-state index is 13.2. The van der Waals surface area contributed by atoms with Crippen LogP contribution in [0, 0.1) is 18.7 Å². The van der Waals surface area contributed by atoms with Crippen molar-refractivity contribution in [2.45, 2.75) is 36.5 Å². The minimum Gasteiger partial charge on any atom is -0.211 e. The minimum absolute atomic E-state index is 0.00733. The van der Waals surface area contributed by atoms with Gasteiger partial charge in [0.05, 0.1) is 4.90 Å². The van der Waals surface area contributed by atoms with Crippen molar-refractivity contribution < 1.29 is 12.8 Å². The third-order valence-electron chi connectivity index (χ3n) is 3.48. The van der Waals surface area contributed by atoms with Gasteiger partial charge in [0.2, 0.25) is 10.0 Å². The van der Waals surface area contributed by atoms with E-state index in [2.05, 4.69) is 4.72 Å². The first-order chi connectivity index (χ1) is 8.88. The number of benzene rings is 1. The zero-order chi connectivity index (χ0) is 14.0. The summed E-state index contributed by atoms with van der Waals surface area (Å²) in [6, 6.07) is 3.77. The fourth-order valence-corrected chi connectivity index (χ4v) is 4.12. The van der Waals surface area contributed by atoms with Gasteiger partial charge in [-0.15, -0.1) is 11.6 Å². The van der Waals surface area contributed by atoms with Gasteiger partial charge in [0.25, 0.3) is 0 Å². The van der Waals surface area contributed by atoms with Gasteiger partial charge in [-0.25, -0.2) is 17.5 Å². The zero-order valence-corrected chi connectivity index (χ0v) is 12.3. The maximum absolute atomic E-state index is 13.2. The Labute approximate surface area is 118 Å². The maximum Gasteiger partial charge on any atom is 0.240 e. The van der Waals surface area contributed by atoms with Crippen molar-refractivity contribution in [3.8, 4) is 0 Å². The molecule has 0 aliphatic heterocycles. The molecule has 106 valence electrons. The van der Waals surface area contributed by atoms with Crippen molar-refractivity contribution in [1.29, 1.82) is 0 Å². The lowest BCUT2D eigenvalue weighted by molar-refractivity contribution is 0.519. The van der Waals surface area contributed by atoms with E-state index >= 15 is 0 Å². The quantitative estimate of drug-likeness (QED) is 0.870. The van der Waals surface area contributed by atoms with Gasteiger partial charge in [-0.1, -0.05) is 6.07 Å². The molecule has 0 saturated heterocycles. The van der Waals surface area contributed by atoms with Crippen molar-refractivity contribution in [3.63, 3.8) is 0 Å². The molecular formula is C13H17ClFNO2S. The van der Waals surface area contributed by atoms with Crippen LogP contribution in [0.3, 0.4) is 0 Å². The Bertz CT molecular complexity index is 562. The average Bonchev–Trinajstić information content (AvgIpc) is 2.76. The molecule has 0 bridgehead atoms. The highest BCUT2D eigenvalue weighted by Gasteiger charge is 2.25. The van der Waals surface area contributed by atoms with Crippen LogP contribution in [0.2, 0.25) is 0 Å². The van der Waals surface area contributed by atoms with Crippen molar-refractivity contribution in [2.24, 2.45) is 5.92 Å². The summed E-state index contributed by atoms with van der Waals surface area (Å²) in [7, 11) is -3.65. The van der Waals surface area contributed by atoms with Crippen LogP contribution in [0.25, 0.3) is 0 Å². The van der Waals surface area contributed by atoms with Crippen LogP contribution < -0.4 is 4.72 Å². The molecule has 0 amide bonds. The number of alkyl halides is 1. The highest BCUT2D eigenvalue weighted by molar-refractivity contribution is 7.89. The molecule has 2 rings (SSSR count). The summed E-state index contributed by atoms with van der Waals surface area (Å²) in [6.07, 6.45) is 2.68. The highest BCUT2D eigenvalue weighted by Crippen LogP contribution is 2.29. The van der Waals surface area contributed by atoms with E-state index in [0.717, 1.165) is 25.3 Å². The van der Waals surface area contributed by atoms with Crippen LogP contribution in [0.15, 0.2) is 23.1 Å². The van der Waals surface area contributed by atoms with E-state index in [1.54, 1.807) is 6.92 Å². The smallest absolute Gasteiger partial charge is 0.211 e. The first-order valence-corrected chi connectivity index (χ1v) is 8.20. The minimum atomic E-state index is -3.65. The van der Waals surface area contributed by atoms with Gasteiger partial charge in [0.15, 0.2) is 0 Å². The number of nitrogens with one attached hydrogen (secondary N) is 1. The van der Waals surface area contributed by atoms with Crippen LogP contribution in [0.1, 0.15) is 24.8 Å². The lowest BCUT2D eigenvalue weighted by atomic mass is 10.1. The van der Waals surface area contributed by atoms with E-state index in [4.69, 9.17) is 11.6 Å². The summed E-state index contributed by atoms with van der Waals surface area (Å²) in [5.41, 5.74) is 0.538. The van der Waals surface area contributed by atoms with Gasteiger partial charge in [-0.2, -0.15) is 0 Å². The Hall–Kier alpha value is -0.650. The Morgan fingerprint density at radius 3 is 2.79 bits per heavy atom. The van der Waals surface area contributed by atoms with Gasteiger partial charge in [0.1, 0.15) is 5.82 Å². The van der Waals surface area contributed by atoms with E-state index in [1.807, 2.05) is 0 Å². The number of sulfonamides is 1. The van der Waals surface area contributed by atoms with Crippen LogP contribution in [-0.4, -0.2) is 20.3 Å². The highest BCUT2D eigenvalue weighted by atomic mass is 35.5. The van der Waals surface area contributed by atoms with Crippen LogP contribution in [0.5, 0.6) is 0 Å². The summed E-state index contributed by atoms with van der Waals surface area (Å²) < 4.78 is 40.0. The van der Waals surface area contributed by atoms with Crippen molar-refractivity contribution in [3.05, 3.63) is 29.6 Å². The predicted molar refractivity (Wildman–Crippen MR) is 73.3 cm³/mol. The summed E-state index contributed by atoms with van der Waals surface area (Å²) in [4.78, 5) is 0.00733. The zero-order valence-electron chi connectivity index (χ0n) is 10.7. The Balaban J connectivity index is 2.08. The first kappa shape index (κ1) is 14.8. The van der Waals surface area contributed by atoms with Crippen LogP contribution in [0.4, 0.5) is 4.39 Å². The molecule has 1 aromatic rings. The van der Waals surface area contributed by atoms with Crippen LogP contribution in [-0.2, 0) is 10.0 Å².